The third-order valence-electron chi connectivity index (χ3n) is 3.48. The van der Waals surface area contributed by atoms with Gasteiger partial charge in [0.1, 0.15) is 0 Å². The molecule has 16 heavy (non-hydrogen) atoms. The molecule has 1 unspecified atom stereocenters. The van der Waals surface area contributed by atoms with E-state index in [2.05, 4.69) is 9.97 Å². The molecule has 84 valence electrons. The Hall–Kier alpha value is -1.55. The van der Waals surface area contributed by atoms with Gasteiger partial charge in [-0.15, -0.1) is 0 Å². The average molecular weight is 218 g/mol. The molecule has 3 rings (SSSR count). The summed E-state index contributed by atoms with van der Waals surface area (Å²) < 4.78 is 0. The first kappa shape index (κ1) is 9.66. The van der Waals surface area contributed by atoms with Crippen LogP contribution in [-0.2, 0) is 0 Å². The van der Waals surface area contributed by atoms with Gasteiger partial charge in [-0.3, -0.25) is 0 Å². The lowest BCUT2D eigenvalue weighted by molar-refractivity contribution is 0.0622. The van der Waals surface area contributed by atoms with Crippen molar-refractivity contribution in [2.45, 2.75) is 25.4 Å². The minimum atomic E-state index is -0.392. The second kappa shape index (κ2) is 3.49. The SMILES string of the molecule is O=c1[nH]c2ccc(C(O)C3CCC3)cc2[nH]1. The molecular weight excluding hydrogens is 204 g/mol. The number of H-pyrrole nitrogens is 2. The van der Waals surface area contributed by atoms with Crippen molar-refractivity contribution >= 4 is 11.0 Å². The first-order valence-electron chi connectivity index (χ1n) is 5.64. The van der Waals surface area contributed by atoms with Crippen molar-refractivity contribution in [3.8, 4) is 0 Å². The van der Waals surface area contributed by atoms with Crippen molar-refractivity contribution in [3.63, 3.8) is 0 Å². The number of aliphatic hydroxyl groups is 1. The normalized spacial score (nSPS) is 18.6. The maximum atomic E-state index is 11.1. The Balaban J connectivity index is 2.00. The van der Waals surface area contributed by atoms with Gasteiger partial charge in [0.2, 0.25) is 0 Å². The number of hydrogen-bond acceptors (Lipinski definition) is 2. The lowest BCUT2D eigenvalue weighted by Crippen LogP contribution is -2.19. The fourth-order valence-electron chi connectivity index (χ4n) is 2.26. The van der Waals surface area contributed by atoms with Crippen molar-refractivity contribution < 1.29 is 5.11 Å². The highest BCUT2D eigenvalue weighted by molar-refractivity contribution is 5.75. The van der Waals surface area contributed by atoms with E-state index in [0.29, 0.717) is 5.92 Å². The van der Waals surface area contributed by atoms with Crippen molar-refractivity contribution in [1.29, 1.82) is 0 Å². The van der Waals surface area contributed by atoms with E-state index in [-0.39, 0.29) is 5.69 Å². The number of imidazole rings is 1. The molecule has 1 aromatic carbocycles. The zero-order valence-corrected chi connectivity index (χ0v) is 8.86. The van der Waals surface area contributed by atoms with E-state index in [1.807, 2.05) is 18.2 Å². The largest absolute Gasteiger partial charge is 0.388 e. The van der Waals surface area contributed by atoms with Gasteiger partial charge in [-0.2, -0.15) is 0 Å². The van der Waals surface area contributed by atoms with Gasteiger partial charge in [0.05, 0.1) is 17.1 Å². The minimum Gasteiger partial charge on any atom is -0.388 e. The van der Waals surface area contributed by atoms with Crippen LogP contribution in [0, 0.1) is 5.92 Å². The second-order valence-electron chi connectivity index (χ2n) is 4.52. The molecule has 4 nitrogen and oxygen atoms in total. The standard InChI is InChI=1S/C12H14N2O2/c15-11(7-2-1-3-7)8-4-5-9-10(6-8)14-12(16)13-9/h4-7,11,15H,1-3H2,(H2,13,14,16). The Morgan fingerprint density at radius 1 is 1.25 bits per heavy atom. The number of aliphatic hydroxyl groups excluding tert-OH is 1. The van der Waals surface area contributed by atoms with Gasteiger partial charge in [0, 0.05) is 0 Å². The molecule has 0 radical (unpaired) electrons. The second-order valence-corrected chi connectivity index (χ2v) is 4.52. The number of aromatic amines is 2. The number of aromatic nitrogens is 2. The molecule has 0 spiro atoms. The molecule has 1 aromatic heterocycles. The first-order valence-corrected chi connectivity index (χ1v) is 5.64. The molecule has 0 bridgehead atoms. The van der Waals surface area contributed by atoms with Crippen LogP contribution in [0.15, 0.2) is 23.0 Å². The van der Waals surface area contributed by atoms with Gasteiger partial charge in [0.15, 0.2) is 0 Å². The summed E-state index contributed by atoms with van der Waals surface area (Å²) in [5.74, 6) is 0.392. The van der Waals surface area contributed by atoms with E-state index < -0.39 is 6.10 Å². The molecular formula is C12H14N2O2. The highest BCUT2D eigenvalue weighted by Gasteiger charge is 2.26. The summed E-state index contributed by atoms with van der Waals surface area (Å²) in [5.41, 5.74) is 2.24. The monoisotopic (exact) mass is 218 g/mol. The third kappa shape index (κ3) is 1.46. The lowest BCUT2D eigenvalue weighted by atomic mass is 9.79. The van der Waals surface area contributed by atoms with Crippen molar-refractivity contribution in [2.75, 3.05) is 0 Å². The van der Waals surface area contributed by atoms with Gasteiger partial charge in [0.25, 0.3) is 0 Å². The van der Waals surface area contributed by atoms with Crippen LogP contribution in [0.4, 0.5) is 0 Å². The molecule has 0 aliphatic heterocycles. The molecule has 1 aliphatic carbocycles. The Labute approximate surface area is 92.3 Å². The van der Waals surface area contributed by atoms with Gasteiger partial charge in [-0.25, -0.2) is 4.79 Å². The van der Waals surface area contributed by atoms with Gasteiger partial charge in [-0.05, 0) is 36.5 Å². The molecule has 4 heteroatoms. The van der Waals surface area contributed by atoms with Gasteiger partial charge < -0.3 is 15.1 Å². The van der Waals surface area contributed by atoms with Gasteiger partial charge >= 0.3 is 5.69 Å². The maximum absolute atomic E-state index is 11.1. The summed E-state index contributed by atoms with van der Waals surface area (Å²) >= 11 is 0. The number of fused-ring (bicyclic) bond motifs is 1. The van der Waals surface area contributed by atoms with E-state index in [1.54, 1.807) is 0 Å². The summed E-state index contributed by atoms with van der Waals surface area (Å²) in [6.45, 7) is 0. The molecule has 1 atom stereocenters. The summed E-state index contributed by atoms with van der Waals surface area (Å²) in [6.07, 6.45) is 3.02. The summed E-state index contributed by atoms with van der Waals surface area (Å²) in [4.78, 5) is 16.5. The van der Waals surface area contributed by atoms with Crippen molar-refractivity contribution in [1.82, 2.24) is 9.97 Å². The number of rotatable bonds is 2. The smallest absolute Gasteiger partial charge is 0.323 e. The van der Waals surface area contributed by atoms with Crippen LogP contribution >= 0.6 is 0 Å². The van der Waals surface area contributed by atoms with Crippen LogP contribution in [-0.4, -0.2) is 15.1 Å². The number of benzene rings is 1. The molecule has 1 aliphatic rings. The molecule has 2 aromatic rings. The Kier molecular flexibility index (Phi) is 2.11. The Morgan fingerprint density at radius 3 is 2.69 bits per heavy atom. The molecule has 0 saturated heterocycles. The van der Waals surface area contributed by atoms with Crippen LogP contribution in [0.25, 0.3) is 11.0 Å². The van der Waals surface area contributed by atoms with Crippen LogP contribution in [0.1, 0.15) is 30.9 Å². The van der Waals surface area contributed by atoms with Crippen LogP contribution in [0.2, 0.25) is 0 Å². The zero-order chi connectivity index (χ0) is 11.1. The molecule has 1 saturated carbocycles. The summed E-state index contributed by atoms with van der Waals surface area (Å²) in [7, 11) is 0. The average Bonchev–Trinajstić information content (AvgIpc) is 2.53. The van der Waals surface area contributed by atoms with E-state index in [0.717, 1.165) is 29.4 Å². The highest BCUT2D eigenvalue weighted by atomic mass is 16.3. The van der Waals surface area contributed by atoms with Crippen molar-refractivity contribution in [3.05, 3.63) is 34.2 Å². The van der Waals surface area contributed by atoms with Crippen LogP contribution < -0.4 is 5.69 Å². The lowest BCUT2D eigenvalue weighted by Gasteiger charge is -2.30. The molecule has 0 amide bonds. The minimum absolute atomic E-state index is 0.203. The summed E-state index contributed by atoms with van der Waals surface area (Å²) in [6, 6.07) is 5.58. The molecule has 1 fully saturated rings. The topological polar surface area (TPSA) is 68.9 Å². The van der Waals surface area contributed by atoms with E-state index in [1.165, 1.54) is 6.42 Å². The van der Waals surface area contributed by atoms with Crippen molar-refractivity contribution in [2.24, 2.45) is 5.92 Å². The summed E-state index contributed by atoms with van der Waals surface area (Å²) in [5, 5.41) is 10.1. The molecule has 1 heterocycles. The highest BCUT2D eigenvalue weighted by Crippen LogP contribution is 2.37. The predicted molar refractivity (Wildman–Crippen MR) is 61.2 cm³/mol. The maximum Gasteiger partial charge on any atom is 0.323 e. The predicted octanol–water partition coefficient (Wildman–Crippen LogP) is 1.69. The third-order valence-corrected chi connectivity index (χ3v) is 3.48. The zero-order valence-electron chi connectivity index (χ0n) is 8.86. The Morgan fingerprint density at radius 2 is 2.00 bits per heavy atom. The van der Waals surface area contributed by atoms with Crippen LogP contribution in [0.5, 0.6) is 0 Å². The Bertz CT molecular complexity index is 566. The quantitative estimate of drug-likeness (QED) is 0.718. The first-order chi connectivity index (χ1) is 7.74. The van der Waals surface area contributed by atoms with E-state index in [4.69, 9.17) is 0 Å². The van der Waals surface area contributed by atoms with Crippen LogP contribution in [0.3, 0.4) is 0 Å². The fraction of sp³-hybridized carbons (Fsp3) is 0.417. The molecule has 3 N–H and O–H groups in total. The number of hydrogen-bond donors (Lipinski definition) is 3. The van der Waals surface area contributed by atoms with E-state index >= 15 is 0 Å². The number of nitrogens with one attached hydrogen (secondary N) is 2. The fourth-order valence-corrected chi connectivity index (χ4v) is 2.26. The van der Waals surface area contributed by atoms with E-state index in [9.17, 15) is 9.90 Å². The van der Waals surface area contributed by atoms with Gasteiger partial charge in [-0.1, -0.05) is 12.5 Å².